The smallest absolute Gasteiger partial charge is 0.273 e. The van der Waals surface area contributed by atoms with E-state index in [9.17, 15) is 14.9 Å². The van der Waals surface area contributed by atoms with Crippen molar-refractivity contribution in [1.82, 2.24) is 5.32 Å². The minimum Gasteiger partial charge on any atom is -0.307 e. The summed E-state index contributed by atoms with van der Waals surface area (Å²) < 4.78 is 0.398. The van der Waals surface area contributed by atoms with Gasteiger partial charge in [-0.15, -0.1) is 0 Å². The number of nitrogens with zero attached hydrogens (tertiary/aromatic N) is 1. The van der Waals surface area contributed by atoms with Crippen LogP contribution in [0.25, 0.3) is 6.08 Å². The molecule has 20 heavy (non-hydrogen) atoms. The monoisotopic (exact) mass is 308 g/mol. The van der Waals surface area contributed by atoms with Gasteiger partial charge in [0.25, 0.3) is 11.6 Å². The number of carbonyl (C=O) groups is 1. The molecule has 1 aliphatic heterocycles. The summed E-state index contributed by atoms with van der Waals surface area (Å²) >= 11 is 6.05. The average Bonchev–Trinajstić information content (AvgIpc) is 2.67. The molecule has 2 rings (SSSR count). The maximum Gasteiger partial charge on any atom is 0.273 e. The van der Waals surface area contributed by atoms with E-state index in [1.807, 2.05) is 13.8 Å². The molecular formula is C13H12N2O3S2. The van der Waals surface area contributed by atoms with Gasteiger partial charge in [0.15, 0.2) is 0 Å². The first-order valence-electron chi connectivity index (χ1n) is 5.91. The van der Waals surface area contributed by atoms with Crippen molar-refractivity contribution in [3.05, 3.63) is 44.3 Å². The maximum absolute atomic E-state index is 11.6. The minimum absolute atomic E-state index is 0.0637. The summed E-state index contributed by atoms with van der Waals surface area (Å²) in [6.07, 6.45) is 1.61. The van der Waals surface area contributed by atoms with E-state index >= 15 is 0 Å². The van der Waals surface area contributed by atoms with Crippen molar-refractivity contribution in [3.8, 4) is 0 Å². The van der Waals surface area contributed by atoms with E-state index in [2.05, 4.69) is 5.32 Å². The lowest BCUT2D eigenvalue weighted by atomic mass is 9.99. The Labute approximate surface area is 125 Å². The molecule has 1 amide bonds. The van der Waals surface area contributed by atoms with Crippen LogP contribution < -0.4 is 5.32 Å². The topological polar surface area (TPSA) is 72.2 Å². The second-order valence-electron chi connectivity index (χ2n) is 4.58. The highest BCUT2D eigenvalue weighted by Gasteiger charge is 2.23. The van der Waals surface area contributed by atoms with Crippen molar-refractivity contribution in [2.24, 2.45) is 0 Å². The van der Waals surface area contributed by atoms with Gasteiger partial charge in [-0.1, -0.05) is 50.0 Å². The molecule has 0 unspecified atom stereocenters. The van der Waals surface area contributed by atoms with E-state index in [-0.39, 0.29) is 17.5 Å². The molecular weight excluding hydrogens is 296 g/mol. The third-order valence-electron chi connectivity index (χ3n) is 2.81. The Hall–Kier alpha value is -1.73. The summed E-state index contributed by atoms with van der Waals surface area (Å²) in [5, 5.41) is 13.6. The van der Waals surface area contributed by atoms with Crippen molar-refractivity contribution in [2.45, 2.75) is 19.8 Å². The molecule has 1 fully saturated rings. The van der Waals surface area contributed by atoms with Crippen LogP contribution in [0.15, 0.2) is 23.1 Å². The lowest BCUT2D eigenvalue weighted by Crippen LogP contribution is -2.17. The number of thiocarbonyl (C=S) groups is 1. The van der Waals surface area contributed by atoms with Crippen LogP contribution in [-0.2, 0) is 4.79 Å². The number of hydrogen-bond acceptors (Lipinski definition) is 5. The fourth-order valence-electron chi connectivity index (χ4n) is 1.87. The van der Waals surface area contributed by atoms with E-state index < -0.39 is 4.92 Å². The number of nitro groups is 1. The van der Waals surface area contributed by atoms with Gasteiger partial charge in [-0.3, -0.25) is 14.9 Å². The Bertz CT molecular complexity index is 639. The van der Waals surface area contributed by atoms with E-state index in [1.165, 1.54) is 6.07 Å². The van der Waals surface area contributed by atoms with Crippen LogP contribution in [-0.4, -0.2) is 15.2 Å². The quantitative estimate of drug-likeness (QED) is 0.402. The molecule has 0 saturated carbocycles. The summed E-state index contributed by atoms with van der Waals surface area (Å²) in [6, 6.07) is 4.98. The molecule has 104 valence electrons. The average molecular weight is 308 g/mol. The molecule has 1 heterocycles. The molecule has 1 N–H and O–H groups in total. The molecule has 0 spiro atoms. The first kappa shape index (κ1) is 14.7. The van der Waals surface area contributed by atoms with Gasteiger partial charge in [-0.25, -0.2) is 0 Å². The molecule has 0 aliphatic carbocycles. The van der Waals surface area contributed by atoms with Gasteiger partial charge >= 0.3 is 0 Å². The predicted molar refractivity (Wildman–Crippen MR) is 83.5 cm³/mol. The number of amides is 1. The van der Waals surface area contributed by atoms with Crippen molar-refractivity contribution < 1.29 is 9.72 Å². The standard InChI is InChI=1S/C13H12N2O3S2/c1-7(2)9-4-3-8(5-10(9)15(17)18)6-11-12(16)14-13(19)20-11/h3-7H,1-2H3,(H,14,16,19)/b11-6+. The number of rotatable bonds is 3. The highest BCUT2D eigenvalue weighted by molar-refractivity contribution is 8.26. The predicted octanol–water partition coefficient (Wildman–Crippen LogP) is 3.21. The molecule has 0 radical (unpaired) electrons. The van der Waals surface area contributed by atoms with Gasteiger partial charge < -0.3 is 5.32 Å². The Morgan fingerprint density at radius 3 is 2.65 bits per heavy atom. The number of nitrogens with one attached hydrogen (secondary N) is 1. The second-order valence-corrected chi connectivity index (χ2v) is 6.30. The van der Waals surface area contributed by atoms with E-state index in [1.54, 1.807) is 18.2 Å². The Kier molecular flexibility index (Phi) is 4.20. The maximum atomic E-state index is 11.6. The number of benzene rings is 1. The number of nitro benzene ring substituents is 1. The summed E-state index contributed by atoms with van der Waals surface area (Å²) in [6.45, 7) is 3.80. The highest BCUT2D eigenvalue weighted by Crippen LogP contribution is 2.30. The van der Waals surface area contributed by atoms with Crippen LogP contribution in [0.1, 0.15) is 30.9 Å². The lowest BCUT2D eigenvalue weighted by molar-refractivity contribution is -0.385. The fourth-order valence-corrected chi connectivity index (χ4v) is 2.91. The molecule has 5 nitrogen and oxygen atoms in total. The largest absolute Gasteiger partial charge is 0.307 e. The van der Waals surface area contributed by atoms with E-state index in [0.29, 0.717) is 20.4 Å². The van der Waals surface area contributed by atoms with Crippen LogP contribution in [0.4, 0.5) is 5.69 Å². The fraction of sp³-hybridized carbons (Fsp3) is 0.231. The van der Waals surface area contributed by atoms with Crippen LogP contribution in [0, 0.1) is 10.1 Å². The summed E-state index contributed by atoms with van der Waals surface area (Å²) in [5.41, 5.74) is 1.36. The molecule has 1 aliphatic rings. The van der Waals surface area contributed by atoms with Crippen molar-refractivity contribution in [3.63, 3.8) is 0 Å². The van der Waals surface area contributed by atoms with Crippen LogP contribution in [0.2, 0.25) is 0 Å². The third-order valence-corrected chi connectivity index (χ3v) is 3.98. The van der Waals surface area contributed by atoms with Crippen LogP contribution in [0.5, 0.6) is 0 Å². The second kappa shape index (κ2) is 5.72. The molecule has 0 atom stereocenters. The summed E-state index contributed by atoms with van der Waals surface area (Å²) in [4.78, 5) is 22.7. The van der Waals surface area contributed by atoms with Crippen LogP contribution >= 0.6 is 24.0 Å². The van der Waals surface area contributed by atoms with Gasteiger partial charge in [0, 0.05) is 11.6 Å². The molecule has 1 aromatic carbocycles. The van der Waals surface area contributed by atoms with Gasteiger partial charge in [-0.05, 0) is 17.6 Å². The van der Waals surface area contributed by atoms with Crippen molar-refractivity contribution in [2.75, 3.05) is 0 Å². The van der Waals surface area contributed by atoms with Gasteiger partial charge in [0.2, 0.25) is 0 Å². The lowest BCUT2D eigenvalue weighted by Gasteiger charge is -2.07. The zero-order valence-electron chi connectivity index (χ0n) is 10.9. The molecule has 0 aromatic heterocycles. The van der Waals surface area contributed by atoms with Crippen LogP contribution in [0.3, 0.4) is 0 Å². The zero-order valence-corrected chi connectivity index (χ0v) is 12.5. The Morgan fingerprint density at radius 1 is 1.45 bits per heavy atom. The zero-order chi connectivity index (χ0) is 14.9. The molecule has 7 heteroatoms. The summed E-state index contributed by atoms with van der Waals surface area (Å²) in [7, 11) is 0. The van der Waals surface area contributed by atoms with Gasteiger partial charge in [-0.2, -0.15) is 0 Å². The molecule has 1 saturated heterocycles. The van der Waals surface area contributed by atoms with Gasteiger partial charge in [0.1, 0.15) is 4.32 Å². The van der Waals surface area contributed by atoms with Crippen molar-refractivity contribution >= 4 is 46.0 Å². The first-order chi connectivity index (χ1) is 9.38. The Morgan fingerprint density at radius 2 is 2.15 bits per heavy atom. The molecule has 1 aromatic rings. The number of thioether (sulfide) groups is 1. The first-order valence-corrected chi connectivity index (χ1v) is 7.14. The molecule has 0 bridgehead atoms. The normalized spacial score (nSPS) is 16.9. The Balaban J connectivity index is 2.42. The highest BCUT2D eigenvalue weighted by atomic mass is 32.2. The van der Waals surface area contributed by atoms with Crippen molar-refractivity contribution in [1.29, 1.82) is 0 Å². The van der Waals surface area contributed by atoms with E-state index in [0.717, 1.165) is 11.8 Å². The third kappa shape index (κ3) is 3.05. The SMILES string of the molecule is CC(C)c1ccc(/C=C2/SC(=S)NC2=O)cc1[N+](=O)[O-]. The summed E-state index contributed by atoms with van der Waals surface area (Å²) in [5.74, 6) is -0.204. The number of hydrogen-bond donors (Lipinski definition) is 1. The number of carbonyl (C=O) groups excluding carboxylic acids is 1. The van der Waals surface area contributed by atoms with E-state index in [4.69, 9.17) is 12.2 Å². The van der Waals surface area contributed by atoms with Gasteiger partial charge in [0.05, 0.1) is 9.83 Å². The minimum atomic E-state index is -0.399.